The van der Waals surface area contributed by atoms with Crippen molar-refractivity contribution in [2.45, 2.75) is 44.6 Å². The van der Waals surface area contributed by atoms with Crippen molar-refractivity contribution in [1.82, 2.24) is 4.90 Å². The Bertz CT molecular complexity index is 365. The number of nitrogens with two attached hydrogens (primary N) is 1. The van der Waals surface area contributed by atoms with Crippen LogP contribution in [0.3, 0.4) is 0 Å². The number of carbonyl (C=O) groups is 1. The molecular weight excluding hydrogens is 234 g/mol. The summed E-state index contributed by atoms with van der Waals surface area (Å²) in [5.74, 6) is -0.0318. The van der Waals surface area contributed by atoms with Gasteiger partial charge in [0.1, 0.15) is 5.41 Å². The van der Waals surface area contributed by atoms with E-state index >= 15 is 0 Å². The molecular formula is C12H21N3O3. The van der Waals surface area contributed by atoms with Gasteiger partial charge in [-0.25, -0.2) is 0 Å². The molecule has 4 N–H and O–H groups in total. The van der Waals surface area contributed by atoms with Gasteiger partial charge >= 0.3 is 0 Å². The summed E-state index contributed by atoms with van der Waals surface area (Å²) in [5.41, 5.74) is 4.20. The lowest BCUT2D eigenvalue weighted by atomic mass is 9.66. The predicted molar refractivity (Wildman–Crippen MR) is 66.1 cm³/mol. The SMILES string of the molecule is CC1(O)CCN(C(=O)C2(C(N)=NO)CCC2)CC1. The second-order valence-electron chi connectivity index (χ2n) is 5.71. The summed E-state index contributed by atoms with van der Waals surface area (Å²) >= 11 is 0. The number of amides is 1. The van der Waals surface area contributed by atoms with E-state index in [1.165, 1.54) is 0 Å². The third-order valence-electron chi connectivity index (χ3n) is 4.34. The van der Waals surface area contributed by atoms with Crippen LogP contribution in [-0.4, -0.2) is 45.6 Å². The van der Waals surface area contributed by atoms with Crippen molar-refractivity contribution in [3.63, 3.8) is 0 Å². The highest BCUT2D eigenvalue weighted by atomic mass is 16.4. The number of likely N-dealkylation sites (tertiary alicyclic amines) is 1. The minimum absolute atomic E-state index is 0.0242. The van der Waals surface area contributed by atoms with Gasteiger partial charge in [-0.2, -0.15) is 0 Å². The zero-order chi connectivity index (χ0) is 13.4. The molecule has 0 radical (unpaired) electrons. The molecule has 6 nitrogen and oxygen atoms in total. The highest BCUT2D eigenvalue weighted by Gasteiger charge is 2.51. The van der Waals surface area contributed by atoms with E-state index in [4.69, 9.17) is 10.9 Å². The maximum Gasteiger partial charge on any atom is 0.236 e. The number of aliphatic hydroxyl groups is 1. The Kier molecular flexibility index (Phi) is 3.23. The van der Waals surface area contributed by atoms with Crippen LogP contribution in [0.1, 0.15) is 39.0 Å². The molecule has 0 aromatic carbocycles. The van der Waals surface area contributed by atoms with Crippen LogP contribution in [0, 0.1) is 5.41 Å². The molecule has 1 amide bonds. The number of amidine groups is 1. The van der Waals surface area contributed by atoms with Crippen LogP contribution in [0.15, 0.2) is 5.16 Å². The molecule has 0 bridgehead atoms. The van der Waals surface area contributed by atoms with Crippen molar-refractivity contribution < 1.29 is 15.1 Å². The molecule has 1 heterocycles. The smallest absolute Gasteiger partial charge is 0.236 e. The molecule has 0 unspecified atom stereocenters. The molecule has 1 aliphatic carbocycles. The third kappa shape index (κ3) is 2.05. The van der Waals surface area contributed by atoms with Crippen LogP contribution in [0.25, 0.3) is 0 Å². The lowest BCUT2D eigenvalue weighted by Crippen LogP contribution is -2.57. The number of oxime groups is 1. The second kappa shape index (κ2) is 4.42. The molecule has 0 spiro atoms. The first-order valence-corrected chi connectivity index (χ1v) is 6.41. The maximum absolute atomic E-state index is 12.5. The fraction of sp³-hybridized carbons (Fsp3) is 0.833. The van der Waals surface area contributed by atoms with Gasteiger partial charge in [-0.05, 0) is 32.6 Å². The Morgan fingerprint density at radius 1 is 1.28 bits per heavy atom. The summed E-state index contributed by atoms with van der Waals surface area (Å²) < 4.78 is 0. The van der Waals surface area contributed by atoms with E-state index in [2.05, 4.69) is 5.16 Å². The normalized spacial score (nSPS) is 26.6. The van der Waals surface area contributed by atoms with Crippen molar-refractivity contribution >= 4 is 11.7 Å². The summed E-state index contributed by atoms with van der Waals surface area (Å²) in [6.07, 6.45) is 3.37. The standard InChI is InChI=1S/C12H21N3O3/c1-11(17)5-7-15(8-6-11)10(16)12(3-2-4-12)9(13)14-18/h17-18H,2-8H2,1H3,(H2,13,14). The zero-order valence-electron chi connectivity index (χ0n) is 10.7. The molecule has 0 aromatic heterocycles. The Hall–Kier alpha value is -1.30. The molecule has 2 aliphatic rings. The summed E-state index contributed by atoms with van der Waals surface area (Å²) in [6.45, 7) is 2.86. The Morgan fingerprint density at radius 2 is 1.83 bits per heavy atom. The summed E-state index contributed by atoms with van der Waals surface area (Å²) in [4.78, 5) is 14.2. The number of nitrogens with zero attached hydrogens (tertiary/aromatic N) is 2. The lowest BCUT2D eigenvalue weighted by molar-refractivity contribution is -0.146. The van der Waals surface area contributed by atoms with E-state index in [1.807, 2.05) is 0 Å². The van der Waals surface area contributed by atoms with Crippen LogP contribution >= 0.6 is 0 Å². The van der Waals surface area contributed by atoms with E-state index in [1.54, 1.807) is 11.8 Å². The lowest BCUT2D eigenvalue weighted by Gasteiger charge is -2.45. The largest absolute Gasteiger partial charge is 0.409 e. The average Bonchev–Trinajstić information content (AvgIpc) is 2.27. The summed E-state index contributed by atoms with van der Waals surface area (Å²) in [5, 5.41) is 21.7. The summed E-state index contributed by atoms with van der Waals surface area (Å²) in [6, 6.07) is 0. The van der Waals surface area contributed by atoms with Crippen LogP contribution < -0.4 is 5.73 Å². The number of piperidine rings is 1. The third-order valence-corrected chi connectivity index (χ3v) is 4.34. The first-order valence-electron chi connectivity index (χ1n) is 6.41. The zero-order valence-corrected chi connectivity index (χ0v) is 10.7. The first-order chi connectivity index (χ1) is 8.41. The Labute approximate surface area is 106 Å². The highest BCUT2D eigenvalue weighted by Crippen LogP contribution is 2.43. The first kappa shape index (κ1) is 13.1. The minimum Gasteiger partial charge on any atom is -0.409 e. The highest BCUT2D eigenvalue weighted by molar-refractivity contribution is 6.07. The molecule has 1 saturated heterocycles. The van der Waals surface area contributed by atoms with Crippen LogP contribution in [-0.2, 0) is 4.79 Å². The van der Waals surface area contributed by atoms with Gasteiger partial charge < -0.3 is 20.9 Å². The van der Waals surface area contributed by atoms with E-state index in [0.29, 0.717) is 38.8 Å². The average molecular weight is 255 g/mol. The number of hydrogen-bond donors (Lipinski definition) is 3. The quantitative estimate of drug-likeness (QED) is 0.285. The molecule has 0 aromatic rings. The van der Waals surface area contributed by atoms with E-state index in [-0.39, 0.29) is 11.7 Å². The topological polar surface area (TPSA) is 99.2 Å². The number of carbonyl (C=O) groups excluding carboxylic acids is 1. The molecule has 0 atom stereocenters. The van der Waals surface area contributed by atoms with Gasteiger partial charge in [0.2, 0.25) is 5.91 Å². The van der Waals surface area contributed by atoms with Crippen molar-refractivity contribution in [2.24, 2.45) is 16.3 Å². The fourth-order valence-corrected chi connectivity index (χ4v) is 2.70. The van der Waals surface area contributed by atoms with Gasteiger partial charge in [-0.15, -0.1) is 0 Å². The predicted octanol–water partition coefficient (Wildman–Crippen LogP) is 0.276. The maximum atomic E-state index is 12.5. The van der Waals surface area contributed by atoms with Gasteiger partial charge in [0.25, 0.3) is 0 Å². The Balaban J connectivity index is 2.08. The molecule has 2 fully saturated rings. The van der Waals surface area contributed by atoms with E-state index < -0.39 is 11.0 Å². The van der Waals surface area contributed by atoms with Gasteiger partial charge in [-0.1, -0.05) is 11.6 Å². The van der Waals surface area contributed by atoms with Gasteiger partial charge in [-0.3, -0.25) is 4.79 Å². The van der Waals surface area contributed by atoms with E-state index in [0.717, 1.165) is 6.42 Å². The van der Waals surface area contributed by atoms with Gasteiger partial charge in [0.05, 0.1) is 5.60 Å². The molecule has 2 rings (SSSR count). The monoisotopic (exact) mass is 255 g/mol. The van der Waals surface area contributed by atoms with Crippen LogP contribution in [0.2, 0.25) is 0 Å². The molecule has 18 heavy (non-hydrogen) atoms. The molecule has 6 heteroatoms. The van der Waals surface area contributed by atoms with Gasteiger partial charge in [0, 0.05) is 13.1 Å². The van der Waals surface area contributed by atoms with Gasteiger partial charge in [0.15, 0.2) is 5.84 Å². The van der Waals surface area contributed by atoms with Crippen molar-refractivity contribution in [1.29, 1.82) is 0 Å². The minimum atomic E-state index is -0.794. The van der Waals surface area contributed by atoms with Crippen molar-refractivity contribution in [3.05, 3.63) is 0 Å². The fourth-order valence-electron chi connectivity index (χ4n) is 2.70. The molecule has 1 aliphatic heterocycles. The second-order valence-corrected chi connectivity index (χ2v) is 5.71. The number of hydrogen-bond acceptors (Lipinski definition) is 4. The van der Waals surface area contributed by atoms with Crippen LogP contribution in [0.5, 0.6) is 0 Å². The van der Waals surface area contributed by atoms with Crippen LogP contribution in [0.4, 0.5) is 0 Å². The van der Waals surface area contributed by atoms with Crippen molar-refractivity contribution in [3.8, 4) is 0 Å². The molecule has 1 saturated carbocycles. The van der Waals surface area contributed by atoms with Crippen molar-refractivity contribution in [2.75, 3.05) is 13.1 Å². The number of rotatable bonds is 2. The molecule has 102 valence electrons. The van der Waals surface area contributed by atoms with E-state index in [9.17, 15) is 9.90 Å². The Morgan fingerprint density at radius 3 is 2.22 bits per heavy atom. The summed E-state index contributed by atoms with van der Waals surface area (Å²) in [7, 11) is 0.